The Morgan fingerprint density at radius 2 is 2.04 bits per heavy atom. The monoisotopic (exact) mass is 427 g/mol. The van der Waals surface area contributed by atoms with E-state index in [1.807, 2.05) is 0 Å². The lowest BCUT2D eigenvalue weighted by molar-refractivity contribution is -0.150. The highest BCUT2D eigenvalue weighted by Crippen LogP contribution is 2.47. The van der Waals surface area contributed by atoms with Gasteiger partial charge in [-0.25, -0.2) is 0 Å². The Morgan fingerprint density at radius 3 is 2.70 bits per heavy atom. The molecule has 0 aliphatic carbocycles. The van der Waals surface area contributed by atoms with Crippen LogP contribution >= 0.6 is 22.6 Å². The van der Waals surface area contributed by atoms with E-state index in [4.69, 9.17) is 4.74 Å². The van der Waals surface area contributed by atoms with E-state index in [2.05, 4.69) is 58.7 Å². The Hall–Kier alpha value is -0.620. The zero-order chi connectivity index (χ0) is 16.4. The fraction of sp³-hybridized carbons (Fsp3) is 0.632. The third kappa shape index (κ3) is 3.43. The molecule has 2 aliphatic heterocycles. The van der Waals surface area contributed by atoms with Gasteiger partial charge in [-0.2, -0.15) is 0 Å². The average Bonchev–Trinajstić information content (AvgIpc) is 2.84. The maximum atomic E-state index is 12.6. The van der Waals surface area contributed by atoms with Gasteiger partial charge in [0.1, 0.15) is 0 Å². The summed E-state index contributed by atoms with van der Waals surface area (Å²) >= 11 is 2.33. The van der Waals surface area contributed by atoms with Crippen LogP contribution in [0.4, 0.5) is 0 Å². The molecule has 2 saturated heterocycles. The topological polar surface area (TPSA) is 29.5 Å². The lowest BCUT2D eigenvalue weighted by Crippen LogP contribution is -2.51. The smallest absolute Gasteiger partial charge is 0.310 e. The number of esters is 1. The predicted octanol–water partition coefficient (Wildman–Crippen LogP) is 4.20. The fourth-order valence-corrected chi connectivity index (χ4v) is 4.87. The van der Waals surface area contributed by atoms with Crippen LogP contribution in [0.25, 0.3) is 0 Å². The number of carbonyl (C=O) groups is 1. The molecule has 0 aromatic heterocycles. The van der Waals surface area contributed by atoms with Crippen molar-refractivity contribution in [3.8, 4) is 0 Å². The van der Waals surface area contributed by atoms with Crippen LogP contribution in [0.3, 0.4) is 0 Å². The first-order valence-electron chi connectivity index (χ1n) is 8.74. The van der Waals surface area contributed by atoms with Gasteiger partial charge in [0, 0.05) is 21.6 Å². The van der Waals surface area contributed by atoms with Crippen LogP contribution < -0.4 is 0 Å². The van der Waals surface area contributed by atoms with Gasteiger partial charge in [-0.05, 0) is 72.5 Å². The Bertz CT molecular complexity index is 545. The number of hydrogen-bond acceptors (Lipinski definition) is 3. The number of hydrogen-bond donors (Lipinski definition) is 0. The molecule has 0 amide bonds. The van der Waals surface area contributed by atoms with Crippen molar-refractivity contribution in [2.24, 2.45) is 5.92 Å². The van der Waals surface area contributed by atoms with Crippen LogP contribution in [-0.4, -0.2) is 36.6 Å². The Labute approximate surface area is 152 Å². The molecule has 1 aromatic rings. The summed E-state index contributed by atoms with van der Waals surface area (Å²) in [6, 6.07) is 9.69. The van der Waals surface area contributed by atoms with Gasteiger partial charge in [0.05, 0.1) is 13.0 Å². The first kappa shape index (κ1) is 17.2. The number of ether oxygens (including phenoxy) is 1. The number of piperidine rings is 1. The molecule has 4 heteroatoms. The number of benzene rings is 1. The Balaban J connectivity index is 1.88. The zero-order valence-electron chi connectivity index (χ0n) is 14.0. The van der Waals surface area contributed by atoms with Crippen molar-refractivity contribution in [2.75, 3.05) is 13.7 Å². The molecule has 0 radical (unpaired) electrons. The van der Waals surface area contributed by atoms with Crippen molar-refractivity contribution in [1.29, 1.82) is 0 Å². The van der Waals surface area contributed by atoms with Crippen molar-refractivity contribution in [3.05, 3.63) is 33.4 Å². The van der Waals surface area contributed by atoms with Gasteiger partial charge in [-0.1, -0.05) is 25.5 Å². The second-order valence-corrected chi connectivity index (χ2v) is 8.08. The van der Waals surface area contributed by atoms with Crippen molar-refractivity contribution in [3.63, 3.8) is 0 Å². The fourth-order valence-electron chi connectivity index (χ4n) is 4.51. The Morgan fingerprint density at radius 1 is 1.30 bits per heavy atom. The van der Waals surface area contributed by atoms with Gasteiger partial charge in [0.15, 0.2) is 0 Å². The molecule has 2 bridgehead atoms. The molecule has 4 atom stereocenters. The number of unbranched alkanes of at least 4 members (excludes halogenated alkanes) is 1. The number of fused-ring (bicyclic) bond motifs is 2. The van der Waals surface area contributed by atoms with Gasteiger partial charge in [-0.3, -0.25) is 9.69 Å². The van der Waals surface area contributed by atoms with E-state index in [0.29, 0.717) is 18.0 Å². The molecule has 0 spiro atoms. The number of halogens is 1. The molecule has 0 N–H and O–H groups in total. The summed E-state index contributed by atoms with van der Waals surface area (Å²) in [4.78, 5) is 15.2. The Kier molecular flexibility index (Phi) is 5.62. The van der Waals surface area contributed by atoms with Crippen molar-refractivity contribution in [1.82, 2.24) is 4.90 Å². The number of carbonyl (C=O) groups excluding carboxylic acids is 1. The molecule has 1 aromatic carbocycles. The maximum Gasteiger partial charge on any atom is 0.310 e. The van der Waals surface area contributed by atoms with Gasteiger partial charge in [-0.15, -0.1) is 0 Å². The average molecular weight is 427 g/mol. The van der Waals surface area contributed by atoms with Gasteiger partial charge >= 0.3 is 5.97 Å². The summed E-state index contributed by atoms with van der Waals surface area (Å²) in [6.07, 6.45) is 5.87. The van der Waals surface area contributed by atoms with E-state index in [-0.39, 0.29) is 11.9 Å². The highest BCUT2D eigenvalue weighted by atomic mass is 127. The second kappa shape index (κ2) is 7.51. The summed E-state index contributed by atoms with van der Waals surface area (Å²) in [6.45, 7) is 3.36. The van der Waals surface area contributed by atoms with Crippen LogP contribution in [0.15, 0.2) is 24.3 Å². The minimum Gasteiger partial charge on any atom is -0.469 e. The van der Waals surface area contributed by atoms with E-state index in [0.717, 1.165) is 19.4 Å². The SMILES string of the molecule is CCCCN1C2CCC1C(C(=O)OC)C(c1ccc(I)cc1)C2. The third-order valence-electron chi connectivity index (χ3n) is 5.61. The highest BCUT2D eigenvalue weighted by Gasteiger charge is 2.50. The van der Waals surface area contributed by atoms with Crippen LogP contribution in [0, 0.1) is 9.49 Å². The normalized spacial score (nSPS) is 30.4. The maximum absolute atomic E-state index is 12.6. The zero-order valence-corrected chi connectivity index (χ0v) is 16.2. The minimum atomic E-state index is -0.0274. The number of nitrogens with zero attached hydrogens (tertiary/aromatic N) is 1. The number of rotatable bonds is 5. The van der Waals surface area contributed by atoms with Gasteiger partial charge in [0.2, 0.25) is 0 Å². The molecule has 2 aliphatic rings. The largest absolute Gasteiger partial charge is 0.469 e. The van der Waals surface area contributed by atoms with E-state index >= 15 is 0 Å². The van der Waals surface area contributed by atoms with Crippen LogP contribution in [-0.2, 0) is 9.53 Å². The van der Waals surface area contributed by atoms with E-state index in [9.17, 15) is 4.79 Å². The molecule has 0 saturated carbocycles. The summed E-state index contributed by atoms with van der Waals surface area (Å²) in [5.41, 5.74) is 1.30. The summed E-state index contributed by atoms with van der Waals surface area (Å²) < 4.78 is 6.44. The minimum absolute atomic E-state index is 0.0179. The van der Waals surface area contributed by atoms with Crippen molar-refractivity contribution < 1.29 is 9.53 Å². The molecule has 3 rings (SSSR count). The van der Waals surface area contributed by atoms with E-state index < -0.39 is 0 Å². The molecule has 2 fully saturated rings. The molecule has 3 nitrogen and oxygen atoms in total. The molecule has 4 unspecified atom stereocenters. The number of methoxy groups -OCH3 is 1. The molecule has 2 heterocycles. The van der Waals surface area contributed by atoms with Crippen molar-refractivity contribution in [2.45, 2.75) is 57.0 Å². The molecular weight excluding hydrogens is 401 g/mol. The quantitative estimate of drug-likeness (QED) is 0.521. The summed E-state index contributed by atoms with van der Waals surface area (Å²) in [5.74, 6) is 0.255. The first-order valence-corrected chi connectivity index (χ1v) is 9.82. The van der Waals surface area contributed by atoms with E-state index in [1.165, 1.54) is 35.5 Å². The summed E-state index contributed by atoms with van der Waals surface area (Å²) in [5, 5.41) is 0. The van der Waals surface area contributed by atoms with Crippen LogP contribution in [0.1, 0.15) is 50.5 Å². The van der Waals surface area contributed by atoms with Crippen molar-refractivity contribution >= 4 is 28.6 Å². The summed E-state index contributed by atoms with van der Waals surface area (Å²) in [7, 11) is 1.53. The van der Waals surface area contributed by atoms with Gasteiger partial charge < -0.3 is 4.74 Å². The lowest BCUT2D eigenvalue weighted by Gasteiger charge is -2.43. The van der Waals surface area contributed by atoms with Crippen LogP contribution in [0.2, 0.25) is 0 Å². The molecular formula is C19H26INO2. The van der Waals surface area contributed by atoms with Crippen LogP contribution in [0.5, 0.6) is 0 Å². The highest BCUT2D eigenvalue weighted by molar-refractivity contribution is 14.1. The first-order chi connectivity index (χ1) is 11.2. The predicted molar refractivity (Wildman–Crippen MR) is 100 cm³/mol. The third-order valence-corrected chi connectivity index (χ3v) is 6.33. The standard InChI is InChI=1S/C19H26INO2/c1-3-4-11-21-15-9-10-17(21)18(19(22)23-2)16(12-15)13-5-7-14(20)8-6-13/h5-8,15-18H,3-4,9-12H2,1-2H3. The van der Waals surface area contributed by atoms with Gasteiger partial charge in [0.25, 0.3) is 0 Å². The molecule has 23 heavy (non-hydrogen) atoms. The van der Waals surface area contributed by atoms with E-state index in [1.54, 1.807) is 0 Å². The molecule has 126 valence electrons. The lowest BCUT2D eigenvalue weighted by atomic mass is 9.76. The second-order valence-electron chi connectivity index (χ2n) is 6.83.